The van der Waals surface area contributed by atoms with E-state index in [1.807, 2.05) is 0 Å². The van der Waals surface area contributed by atoms with Crippen molar-refractivity contribution in [1.82, 2.24) is 9.88 Å². The van der Waals surface area contributed by atoms with Crippen LogP contribution in [0.2, 0.25) is 5.02 Å². The number of anilines is 1. The fraction of sp³-hybridized carbons (Fsp3) is 0.300. The van der Waals surface area contributed by atoms with Crippen molar-refractivity contribution in [1.29, 1.82) is 0 Å². The molecule has 0 saturated carbocycles. The number of halogens is 1. The van der Waals surface area contributed by atoms with Gasteiger partial charge in [-0.05, 0) is 12.1 Å². The van der Waals surface area contributed by atoms with Crippen molar-refractivity contribution in [2.24, 2.45) is 5.84 Å². The number of hydrogen-bond donors (Lipinski definition) is 2. The summed E-state index contributed by atoms with van der Waals surface area (Å²) in [5.41, 5.74) is 2.83. The van der Waals surface area contributed by atoms with E-state index >= 15 is 0 Å². The molecule has 0 radical (unpaired) electrons. The Labute approximate surface area is 103 Å². The molecule has 3 N–H and O–H groups in total. The summed E-state index contributed by atoms with van der Waals surface area (Å²) in [5.74, 6) is 5.27. The van der Waals surface area contributed by atoms with Crippen molar-refractivity contribution in [3.05, 3.63) is 22.8 Å². The van der Waals surface area contributed by atoms with Crippen molar-refractivity contribution in [2.75, 3.05) is 5.43 Å². The van der Waals surface area contributed by atoms with Crippen LogP contribution < -0.4 is 11.3 Å². The van der Waals surface area contributed by atoms with Gasteiger partial charge in [-0.15, -0.1) is 0 Å². The summed E-state index contributed by atoms with van der Waals surface area (Å²) in [6.45, 7) is 0.0893. The van der Waals surface area contributed by atoms with Gasteiger partial charge in [-0.2, -0.15) is 0 Å². The minimum Gasteiger partial charge on any atom is -0.308 e. The number of rotatable bonds is 3. The van der Waals surface area contributed by atoms with Crippen molar-refractivity contribution in [3.8, 4) is 0 Å². The summed E-state index contributed by atoms with van der Waals surface area (Å²) in [4.78, 5) is 28.2. The van der Waals surface area contributed by atoms with E-state index in [4.69, 9.17) is 17.4 Å². The largest absolute Gasteiger partial charge is 0.308 e. The standard InChI is InChI=1S/C10H11ClN4O2/c11-6-1-2-8(14-12)13-7(6)5-15-9(16)3-4-10(15)17/h1-2H,3-5,12H2,(H,13,14). The Morgan fingerprint density at radius 1 is 1.35 bits per heavy atom. The van der Waals surface area contributed by atoms with Gasteiger partial charge in [0.2, 0.25) is 11.8 Å². The summed E-state index contributed by atoms with van der Waals surface area (Å²) in [7, 11) is 0. The van der Waals surface area contributed by atoms with Crippen LogP contribution in [0.15, 0.2) is 12.1 Å². The second kappa shape index (κ2) is 4.68. The van der Waals surface area contributed by atoms with Crippen LogP contribution >= 0.6 is 11.6 Å². The van der Waals surface area contributed by atoms with Crippen LogP contribution in [0.4, 0.5) is 5.82 Å². The number of nitrogens with one attached hydrogen (secondary N) is 1. The highest BCUT2D eigenvalue weighted by Gasteiger charge is 2.29. The van der Waals surface area contributed by atoms with E-state index < -0.39 is 0 Å². The van der Waals surface area contributed by atoms with Crippen LogP contribution in [0.1, 0.15) is 18.5 Å². The van der Waals surface area contributed by atoms with E-state index in [1.165, 1.54) is 0 Å². The smallest absolute Gasteiger partial charge is 0.230 e. The Bertz CT molecular complexity index is 461. The van der Waals surface area contributed by atoms with Crippen molar-refractivity contribution in [3.63, 3.8) is 0 Å². The molecule has 1 saturated heterocycles. The molecule has 0 atom stereocenters. The van der Waals surface area contributed by atoms with Gasteiger partial charge in [-0.25, -0.2) is 10.8 Å². The van der Waals surface area contributed by atoms with Gasteiger partial charge in [0.25, 0.3) is 0 Å². The van der Waals surface area contributed by atoms with Gasteiger partial charge in [-0.1, -0.05) is 11.6 Å². The van der Waals surface area contributed by atoms with Crippen LogP contribution in [-0.4, -0.2) is 21.7 Å². The molecule has 7 heteroatoms. The van der Waals surface area contributed by atoms with E-state index in [0.29, 0.717) is 16.5 Å². The number of hydrazine groups is 1. The molecule has 0 aromatic carbocycles. The van der Waals surface area contributed by atoms with Crippen molar-refractivity contribution >= 4 is 29.2 Å². The van der Waals surface area contributed by atoms with Crippen molar-refractivity contribution < 1.29 is 9.59 Å². The van der Waals surface area contributed by atoms with Crippen molar-refractivity contribution in [2.45, 2.75) is 19.4 Å². The Hall–Kier alpha value is -1.66. The molecule has 1 fully saturated rings. The Balaban J connectivity index is 2.23. The lowest BCUT2D eigenvalue weighted by atomic mass is 10.3. The maximum Gasteiger partial charge on any atom is 0.230 e. The van der Waals surface area contributed by atoms with Crippen LogP contribution in [0.3, 0.4) is 0 Å². The first kappa shape index (κ1) is 11.8. The first-order valence-electron chi connectivity index (χ1n) is 5.07. The second-order valence-electron chi connectivity index (χ2n) is 3.64. The minimum absolute atomic E-state index is 0.0893. The van der Waals surface area contributed by atoms with E-state index in [9.17, 15) is 9.59 Å². The lowest BCUT2D eigenvalue weighted by molar-refractivity contribution is -0.139. The molecular weight excluding hydrogens is 244 g/mol. The molecule has 2 heterocycles. The highest BCUT2D eigenvalue weighted by molar-refractivity contribution is 6.31. The molecule has 2 amide bonds. The number of amides is 2. The van der Waals surface area contributed by atoms with Gasteiger partial charge in [0.05, 0.1) is 17.3 Å². The molecule has 1 aromatic heterocycles. The van der Waals surface area contributed by atoms with E-state index in [-0.39, 0.29) is 31.2 Å². The van der Waals surface area contributed by atoms with Gasteiger partial charge in [0.1, 0.15) is 5.82 Å². The number of aromatic nitrogens is 1. The molecule has 1 aromatic rings. The second-order valence-corrected chi connectivity index (χ2v) is 4.05. The zero-order chi connectivity index (χ0) is 12.4. The third-order valence-corrected chi connectivity index (χ3v) is 2.87. The van der Waals surface area contributed by atoms with Crippen LogP contribution in [-0.2, 0) is 16.1 Å². The predicted octanol–water partition coefficient (Wildman–Crippen LogP) is 0.670. The lowest BCUT2D eigenvalue weighted by Gasteiger charge is -2.14. The summed E-state index contributed by atoms with van der Waals surface area (Å²) in [6.07, 6.45) is 0.510. The topological polar surface area (TPSA) is 88.3 Å². The van der Waals surface area contributed by atoms with Crippen LogP contribution in [0.25, 0.3) is 0 Å². The number of nitrogens with two attached hydrogens (primary N) is 1. The Kier molecular flexibility index (Phi) is 3.26. The van der Waals surface area contributed by atoms with E-state index in [2.05, 4.69) is 10.4 Å². The van der Waals surface area contributed by atoms with Gasteiger partial charge in [0.15, 0.2) is 0 Å². The number of likely N-dealkylation sites (tertiary alicyclic amines) is 1. The lowest BCUT2D eigenvalue weighted by Crippen LogP contribution is -2.29. The predicted molar refractivity (Wildman–Crippen MR) is 61.8 cm³/mol. The third kappa shape index (κ3) is 2.37. The normalized spacial score (nSPS) is 15.5. The monoisotopic (exact) mass is 254 g/mol. The Morgan fingerprint density at radius 3 is 2.59 bits per heavy atom. The SMILES string of the molecule is NNc1ccc(Cl)c(CN2C(=O)CCC2=O)n1. The molecule has 0 bridgehead atoms. The zero-order valence-corrected chi connectivity index (χ0v) is 9.70. The summed E-state index contributed by atoms with van der Waals surface area (Å²) < 4.78 is 0. The fourth-order valence-electron chi connectivity index (χ4n) is 1.62. The highest BCUT2D eigenvalue weighted by Crippen LogP contribution is 2.21. The first-order chi connectivity index (χ1) is 8.11. The maximum absolute atomic E-state index is 11.4. The summed E-state index contributed by atoms with van der Waals surface area (Å²) in [6, 6.07) is 3.23. The highest BCUT2D eigenvalue weighted by atomic mass is 35.5. The number of carbonyl (C=O) groups excluding carboxylic acids is 2. The molecule has 0 aliphatic carbocycles. The maximum atomic E-state index is 11.4. The molecule has 1 aliphatic rings. The Morgan fingerprint density at radius 2 is 2.00 bits per heavy atom. The summed E-state index contributed by atoms with van der Waals surface area (Å²) >= 11 is 5.95. The van der Waals surface area contributed by atoms with Gasteiger partial charge < -0.3 is 5.43 Å². The zero-order valence-electron chi connectivity index (χ0n) is 8.94. The number of carbonyl (C=O) groups is 2. The molecule has 17 heavy (non-hydrogen) atoms. The number of nitrogens with zero attached hydrogens (tertiary/aromatic N) is 2. The molecule has 90 valence electrons. The van der Waals surface area contributed by atoms with E-state index in [1.54, 1.807) is 12.1 Å². The number of hydrogen-bond acceptors (Lipinski definition) is 5. The molecular formula is C10H11ClN4O2. The average Bonchev–Trinajstić information content (AvgIpc) is 2.63. The molecule has 2 rings (SSSR count). The van der Waals surface area contributed by atoms with Gasteiger partial charge >= 0.3 is 0 Å². The van der Waals surface area contributed by atoms with Gasteiger partial charge in [0, 0.05) is 12.8 Å². The molecule has 0 unspecified atom stereocenters. The average molecular weight is 255 g/mol. The van der Waals surface area contributed by atoms with Crippen LogP contribution in [0, 0.1) is 0 Å². The molecule has 6 nitrogen and oxygen atoms in total. The summed E-state index contributed by atoms with van der Waals surface area (Å²) in [5, 5.41) is 0.400. The fourth-order valence-corrected chi connectivity index (χ4v) is 1.79. The molecule has 0 spiro atoms. The first-order valence-corrected chi connectivity index (χ1v) is 5.45. The minimum atomic E-state index is -0.195. The van der Waals surface area contributed by atoms with Gasteiger partial charge in [-0.3, -0.25) is 14.5 Å². The quantitative estimate of drug-likeness (QED) is 0.470. The molecule has 1 aliphatic heterocycles. The number of pyridine rings is 1. The van der Waals surface area contributed by atoms with E-state index in [0.717, 1.165) is 4.90 Å². The van der Waals surface area contributed by atoms with Crippen LogP contribution in [0.5, 0.6) is 0 Å². The number of imide groups is 1. The third-order valence-electron chi connectivity index (χ3n) is 2.53. The number of nitrogen functional groups attached to an aromatic ring is 1.